The average molecular weight is 241 g/mol. The SMILES string of the molecule is CC(=O)N[C@@H](CCC1CCCCC1)C(C)(C)C.[HH]. The first-order valence-corrected chi connectivity index (χ1v) is 7.16. The monoisotopic (exact) mass is 241 g/mol. The lowest BCUT2D eigenvalue weighted by atomic mass is 9.79. The lowest BCUT2D eigenvalue weighted by molar-refractivity contribution is -0.120. The maximum Gasteiger partial charge on any atom is 0.217 e. The highest BCUT2D eigenvalue weighted by atomic mass is 16.1. The number of carbonyl (C=O) groups excluding carboxylic acids is 1. The van der Waals surface area contributed by atoms with Gasteiger partial charge in [-0.2, -0.15) is 0 Å². The normalized spacial score (nSPS) is 20.0. The Kier molecular flexibility index (Phi) is 5.48. The van der Waals surface area contributed by atoms with E-state index in [1.165, 1.54) is 38.5 Å². The van der Waals surface area contributed by atoms with Gasteiger partial charge in [0.25, 0.3) is 0 Å². The van der Waals surface area contributed by atoms with E-state index in [0.29, 0.717) is 6.04 Å². The zero-order valence-electron chi connectivity index (χ0n) is 12.0. The van der Waals surface area contributed by atoms with Crippen LogP contribution in [0.2, 0.25) is 0 Å². The second-order valence-corrected chi connectivity index (χ2v) is 6.70. The minimum atomic E-state index is 0. The molecule has 0 saturated heterocycles. The molecule has 0 aromatic carbocycles. The fraction of sp³-hybridized carbons (Fsp3) is 0.933. The van der Waals surface area contributed by atoms with Gasteiger partial charge in [-0.25, -0.2) is 0 Å². The fourth-order valence-electron chi connectivity index (χ4n) is 2.85. The van der Waals surface area contributed by atoms with Gasteiger partial charge < -0.3 is 5.32 Å². The fourth-order valence-corrected chi connectivity index (χ4v) is 2.85. The van der Waals surface area contributed by atoms with Crippen LogP contribution in [-0.2, 0) is 4.79 Å². The number of hydrogen-bond donors (Lipinski definition) is 1. The average Bonchev–Trinajstić information content (AvgIpc) is 2.23. The van der Waals surface area contributed by atoms with Crippen LogP contribution in [0.1, 0.15) is 74.1 Å². The quantitative estimate of drug-likeness (QED) is 0.787. The topological polar surface area (TPSA) is 29.1 Å². The summed E-state index contributed by atoms with van der Waals surface area (Å²) in [6.07, 6.45) is 9.45. The van der Waals surface area contributed by atoms with Crippen molar-refractivity contribution in [1.82, 2.24) is 5.32 Å². The first-order chi connectivity index (χ1) is 7.89. The minimum Gasteiger partial charge on any atom is -0.353 e. The molecular formula is C15H31NO. The summed E-state index contributed by atoms with van der Waals surface area (Å²) in [6, 6.07) is 0.321. The molecule has 0 bridgehead atoms. The summed E-state index contributed by atoms with van der Waals surface area (Å²) < 4.78 is 0. The van der Waals surface area contributed by atoms with Crippen LogP contribution in [0.5, 0.6) is 0 Å². The zero-order valence-corrected chi connectivity index (χ0v) is 12.0. The van der Waals surface area contributed by atoms with Crippen LogP contribution < -0.4 is 5.32 Å². The standard InChI is InChI=1S/C15H29NO.H2/c1-12(17)16-14(15(2,3)4)11-10-13-8-6-5-7-9-13;/h13-14H,5-11H2,1-4H3,(H,16,17);1H/t14-;/m0./s1. The highest BCUT2D eigenvalue weighted by Crippen LogP contribution is 2.30. The van der Waals surface area contributed by atoms with Crippen molar-refractivity contribution in [1.29, 1.82) is 0 Å². The van der Waals surface area contributed by atoms with Crippen LogP contribution in [0.15, 0.2) is 0 Å². The van der Waals surface area contributed by atoms with Gasteiger partial charge in [0.2, 0.25) is 5.91 Å². The van der Waals surface area contributed by atoms with Crippen molar-refractivity contribution in [2.75, 3.05) is 0 Å². The molecule has 0 heterocycles. The van der Waals surface area contributed by atoms with Crippen LogP contribution >= 0.6 is 0 Å². The van der Waals surface area contributed by atoms with Crippen molar-refractivity contribution < 1.29 is 6.22 Å². The molecule has 1 atom stereocenters. The maximum absolute atomic E-state index is 11.2. The first-order valence-electron chi connectivity index (χ1n) is 7.16. The van der Waals surface area contributed by atoms with Crippen LogP contribution in [-0.4, -0.2) is 11.9 Å². The molecule has 0 aromatic heterocycles. The van der Waals surface area contributed by atoms with E-state index in [9.17, 15) is 4.79 Å². The van der Waals surface area contributed by atoms with E-state index in [1.807, 2.05) is 0 Å². The van der Waals surface area contributed by atoms with Gasteiger partial charge in [0.1, 0.15) is 0 Å². The van der Waals surface area contributed by atoms with Crippen molar-refractivity contribution >= 4 is 5.91 Å². The maximum atomic E-state index is 11.2. The molecule has 0 spiro atoms. The van der Waals surface area contributed by atoms with Crippen molar-refractivity contribution in [2.24, 2.45) is 11.3 Å². The number of rotatable bonds is 4. The van der Waals surface area contributed by atoms with Gasteiger partial charge in [-0.3, -0.25) is 4.79 Å². The molecule has 102 valence electrons. The number of amides is 1. The molecule has 0 aliphatic heterocycles. The molecule has 1 fully saturated rings. The number of nitrogens with one attached hydrogen (secondary N) is 1. The molecule has 1 aliphatic carbocycles. The predicted molar refractivity (Wildman–Crippen MR) is 75.0 cm³/mol. The molecule has 1 rings (SSSR count). The van der Waals surface area contributed by atoms with Crippen LogP contribution in [0.3, 0.4) is 0 Å². The van der Waals surface area contributed by atoms with Crippen molar-refractivity contribution in [3.05, 3.63) is 0 Å². The first kappa shape index (κ1) is 14.5. The lowest BCUT2D eigenvalue weighted by Crippen LogP contribution is -2.43. The molecule has 1 saturated carbocycles. The molecule has 0 radical (unpaired) electrons. The predicted octanol–water partition coefficient (Wildman–Crippen LogP) is 4.14. The Morgan fingerprint density at radius 1 is 1.29 bits per heavy atom. The third-order valence-corrected chi connectivity index (χ3v) is 4.01. The van der Waals surface area contributed by atoms with E-state index in [2.05, 4.69) is 26.1 Å². The molecule has 0 unspecified atom stereocenters. The molecule has 1 amide bonds. The number of carbonyl (C=O) groups is 1. The molecule has 17 heavy (non-hydrogen) atoms. The lowest BCUT2D eigenvalue weighted by Gasteiger charge is -2.33. The molecule has 2 nitrogen and oxygen atoms in total. The van der Waals surface area contributed by atoms with Crippen LogP contribution in [0.4, 0.5) is 0 Å². The van der Waals surface area contributed by atoms with Gasteiger partial charge in [-0.05, 0) is 24.2 Å². The van der Waals surface area contributed by atoms with E-state index in [-0.39, 0.29) is 12.7 Å². The smallest absolute Gasteiger partial charge is 0.217 e. The van der Waals surface area contributed by atoms with Gasteiger partial charge in [-0.1, -0.05) is 52.9 Å². The molecular weight excluding hydrogens is 210 g/mol. The second kappa shape index (κ2) is 6.42. The number of hydrogen-bond acceptors (Lipinski definition) is 1. The summed E-state index contributed by atoms with van der Waals surface area (Å²) in [4.78, 5) is 11.2. The third kappa shape index (κ3) is 5.56. The van der Waals surface area contributed by atoms with Gasteiger partial charge in [0, 0.05) is 14.4 Å². The van der Waals surface area contributed by atoms with E-state index in [1.54, 1.807) is 6.92 Å². The molecule has 0 aromatic rings. The largest absolute Gasteiger partial charge is 0.353 e. The Bertz CT molecular complexity index is 241. The zero-order chi connectivity index (χ0) is 12.9. The van der Waals surface area contributed by atoms with Gasteiger partial charge in [0.05, 0.1) is 0 Å². The second-order valence-electron chi connectivity index (χ2n) is 6.70. The van der Waals surface area contributed by atoms with Crippen LogP contribution in [0.25, 0.3) is 0 Å². The Hall–Kier alpha value is -0.530. The van der Waals surface area contributed by atoms with Crippen molar-refractivity contribution in [3.8, 4) is 0 Å². The third-order valence-electron chi connectivity index (χ3n) is 4.01. The highest BCUT2D eigenvalue weighted by molar-refractivity contribution is 5.73. The summed E-state index contributed by atoms with van der Waals surface area (Å²) in [6.45, 7) is 8.27. The Morgan fingerprint density at radius 2 is 1.88 bits per heavy atom. The summed E-state index contributed by atoms with van der Waals surface area (Å²) in [5.74, 6) is 1.01. The Balaban J connectivity index is 0.00000289. The highest BCUT2D eigenvalue weighted by Gasteiger charge is 2.26. The summed E-state index contributed by atoms with van der Waals surface area (Å²) >= 11 is 0. The molecule has 1 N–H and O–H groups in total. The van der Waals surface area contributed by atoms with E-state index >= 15 is 0 Å². The molecule has 2 heteroatoms. The van der Waals surface area contributed by atoms with Gasteiger partial charge >= 0.3 is 0 Å². The van der Waals surface area contributed by atoms with Crippen LogP contribution in [0, 0.1) is 11.3 Å². The summed E-state index contributed by atoms with van der Waals surface area (Å²) in [5.41, 5.74) is 0.167. The van der Waals surface area contributed by atoms with Crippen molar-refractivity contribution in [3.63, 3.8) is 0 Å². The van der Waals surface area contributed by atoms with Gasteiger partial charge in [-0.15, -0.1) is 0 Å². The van der Waals surface area contributed by atoms with Gasteiger partial charge in [0.15, 0.2) is 0 Å². The molecule has 1 aliphatic rings. The van der Waals surface area contributed by atoms with E-state index < -0.39 is 0 Å². The minimum absolute atomic E-state index is 0. The van der Waals surface area contributed by atoms with Crippen molar-refractivity contribution in [2.45, 2.75) is 78.7 Å². The Morgan fingerprint density at radius 3 is 2.35 bits per heavy atom. The van der Waals surface area contributed by atoms with E-state index in [0.717, 1.165) is 12.3 Å². The Labute approximate surface area is 108 Å². The van der Waals surface area contributed by atoms with E-state index in [4.69, 9.17) is 0 Å². The summed E-state index contributed by atoms with van der Waals surface area (Å²) in [5, 5.41) is 3.12. The summed E-state index contributed by atoms with van der Waals surface area (Å²) in [7, 11) is 0.